The van der Waals surface area contributed by atoms with Gasteiger partial charge in [0.25, 0.3) is 0 Å². The Balaban J connectivity index is -0.000000195. The number of aliphatic hydroxyl groups excluding tert-OH is 12. The molecular formula is C63H110Cl6N10O24-6. The first kappa shape index (κ1) is 112. The predicted octanol–water partition coefficient (Wildman–Crippen LogP) is -21.0. The molecule has 103 heavy (non-hydrogen) atoms. The molecule has 0 spiro atoms. The number of nitrogens with two attached hydrogens (primary N) is 3. The van der Waals surface area contributed by atoms with Gasteiger partial charge in [0.05, 0.1) is 147 Å². The van der Waals surface area contributed by atoms with Gasteiger partial charge >= 0.3 is 35.8 Å². The Morgan fingerprint density at radius 1 is 0.427 bits per heavy atom. The van der Waals surface area contributed by atoms with Gasteiger partial charge in [0.1, 0.15) is 0 Å². The molecule has 0 bridgehead atoms. The molecule has 14 unspecified atom stereocenters. The molecule has 0 heterocycles. The van der Waals surface area contributed by atoms with Crippen LogP contribution in [0.3, 0.4) is 0 Å². The lowest BCUT2D eigenvalue weighted by atomic mass is 9.63. The summed E-state index contributed by atoms with van der Waals surface area (Å²) in [7, 11) is 1.58. The fourth-order valence-corrected chi connectivity index (χ4v) is 13.3. The molecule has 40 heteroatoms. The van der Waals surface area contributed by atoms with Crippen LogP contribution in [-0.4, -0.2) is 269 Å². The molecule has 0 aromatic carbocycles. The van der Waals surface area contributed by atoms with Gasteiger partial charge in [0.15, 0.2) is 0 Å². The highest BCUT2D eigenvalue weighted by Crippen LogP contribution is 2.43. The topological polar surface area (TPSA) is 667 Å². The maximum absolute atomic E-state index is 11.0. The Morgan fingerprint density at radius 3 is 0.981 bits per heavy atom. The number of halogens is 6. The van der Waals surface area contributed by atoms with E-state index >= 15 is 0 Å². The number of nitriles is 4. The molecule has 0 aromatic heterocycles. The fourth-order valence-electron chi connectivity index (χ4n) is 13.3. The first-order chi connectivity index (χ1) is 45.5. The molecule has 26 N–H and O–H groups in total. The van der Waals surface area contributed by atoms with E-state index < -0.39 is 181 Å². The average molecular weight is 1610 g/mol. The smallest absolute Gasteiger partial charge is 0.304 e. The minimum absolute atomic E-state index is 0. The zero-order valence-corrected chi connectivity index (χ0v) is 62.1. The van der Waals surface area contributed by atoms with E-state index in [1.807, 2.05) is 6.07 Å². The Labute approximate surface area is 639 Å². The molecule has 0 amide bonds. The Kier molecular flexibility index (Phi) is 64.7. The van der Waals surface area contributed by atoms with Gasteiger partial charge in [-0.05, 0) is 83.1 Å². The summed E-state index contributed by atoms with van der Waals surface area (Å²) in [5.41, 5.74) is 16.2. The first-order valence-corrected chi connectivity index (χ1v) is 32.5. The van der Waals surface area contributed by atoms with Gasteiger partial charge in [0, 0.05) is 108 Å². The van der Waals surface area contributed by atoms with Crippen LogP contribution in [-0.2, 0) is 28.8 Å². The summed E-state index contributed by atoms with van der Waals surface area (Å²) in [6.45, 7) is 6.99. The first-order valence-electron chi connectivity index (χ1n) is 32.5. The number of aliphatic hydroxyl groups is 12. The zero-order chi connectivity index (χ0) is 74.6. The summed E-state index contributed by atoms with van der Waals surface area (Å²) in [6, 6.07) is 2.74. The minimum Gasteiger partial charge on any atom is -1.00 e. The van der Waals surface area contributed by atoms with E-state index in [0.29, 0.717) is 45.1 Å². The largest absolute Gasteiger partial charge is 1.00 e. The molecule has 34 nitrogen and oxygen atoms in total. The minimum atomic E-state index is -1.21. The van der Waals surface area contributed by atoms with E-state index in [4.69, 9.17) is 68.9 Å². The van der Waals surface area contributed by atoms with Crippen LogP contribution in [0.2, 0.25) is 0 Å². The lowest BCUT2D eigenvalue weighted by molar-refractivity contribution is -0.183. The standard InChI is InChI=1S/C20H35NO9.C17H26N4O3.C17H29NO9.C6H15N3O3.C3H3N.6ClH.H2/c1-10(4-6-12(22)23)15-18(28)16(11(2)5-7-13(24)25)20(30)17(19(15)29)21(3)9-8-14(26)27;18-8-3-1-6-12-15(22)13(7-2-4-9-19)17(24)14(16(12)23)21-11-5-10-20;19-11(20)5-1-3-9-15(25)10(4-2-6-12(21)22)17(27)14(16(9)26)18-8-7-13(23)24;7-1-4(10)2(8)6(12)3(9)5(1)11;1-2-3-4;;;;;;;/h10-11,15-20,28-30H,4-9H2,1-3H3,(H,22,23)(H,24,25)(H,26,27);12-17,21-24H,1-7,11H2;9-10,14-18,25-27H,1-8H2,(H,19,20)(H,21,22)(H,23,24);1-6,10-12H,7-9H2;2H,1H2;7*1H/p-6/i;;;;;;;;;;;1+1. The summed E-state index contributed by atoms with van der Waals surface area (Å²) in [5, 5.41) is 217. The van der Waals surface area contributed by atoms with E-state index in [1.54, 1.807) is 31.9 Å². The quantitative estimate of drug-likeness (QED) is 0.0214. The number of carboxylic acid groups (broad SMARTS) is 6. The van der Waals surface area contributed by atoms with E-state index in [0.717, 1.165) is 0 Å². The van der Waals surface area contributed by atoms with Gasteiger partial charge in [-0.15, -0.1) is 0 Å². The van der Waals surface area contributed by atoms with E-state index in [-0.39, 0.29) is 184 Å². The lowest BCUT2D eigenvalue weighted by Crippen LogP contribution is -3.00. The number of nitrogens with zero attached hydrogens (tertiary/aromatic N) is 5. The monoisotopic (exact) mass is 1600 g/mol. The average Bonchev–Trinajstić information content (AvgIpc) is 0.807. The molecule has 0 radical (unpaired) electrons. The number of hydrogen-bond acceptors (Lipinski definition) is 28. The Hall–Kier alpha value is -4.46. The van der Waals surface area contributed by atoms with Crippen molar-refractivity contribution in [2.75, 3.05) is 26.7 Å². The second-order valence-corrected chi connectivity index (χ2v) is 25.4. The van der Waals surface area contributed by atoms with Gasteiger partial charge in [-0.25, -0.2) is 0 Å². The summed E-state index contributed by atoms with van der Waals surface area (Å²) < 4.78 is 0. The van der Waals surface area contributed by atoms with Crippen LogP contribution in [0.25, 0.3) is 0 Å². The molecule has 0 saturated heterocycles. The molecule has 0 aliphatic heterocycles. The molecular weight excluding hydrogens is 1490 g/mol. The molecule has 4 aliphatic carbocycles. The van der Waals surface area contributed by atoms with Crippen molar-refractivity contribution in [2.24, 2.45) is 64.5 Å². The van der Waals surface area contributed by atoms with Crippen LogP contribution in [0.5, 0.6) is 0 Å². The third kappa shape index (κ3) is 38.3. The number of allylic oxidation sites excluding steroid dienone is 1. The van der Waals surface area contributed by atoms with Crippen molar-refractivity contribution < 1.29 is 197 Å². The number of aliphatic carboxylic acids is 6. The molecule has 4 saturated carbocycles. The highest BCUT2D eigenvalue weighted by molar-refractivity contribution is 5.68. The summed E-state index contributed by atoms with van der Waals surface area (Å²) in [6.07, 6.45) is -8.53. The van der Waals surface area contributed by atoms with Gasteiger partial charge in [0.2, 0.25) is 0 Å². The molecule has 604 valence electrons. The number of carboxylic acids is 6. The number of likely N-dealkylation sites (N-methyl/N-ethyl adjacent to an activating group) is 1. The van der Waals surface area contributed by atoms with Gasteiger partial charge in [-0.2, -0.15) is 21.0 Å². The third-order valence-corrected chi connectivity index (χ3v) is 18.7. The normalized spacial score (nSPS) is 31.4. The zero-order valence-electron chi connectivity index (χ0n) is 57.6. The highest BCUT2D eigenvalue weighted by Gasteiger charge is 2.54. The highest BCUT2D eigenvalue weighted by atomic mass is 35.5. The Bertz CT molecular complexity index is 2260. The molecule has 4 rings (SSSR count). The number of rotatable bonds is 33. The number of hydrogen-bond donors (Lipinski definition) is 23. The molecule has 4 aliphatic rings. The van der Waals surface area contributed by atoms with Gasteiger partial charge in [-0.1, -0.05) is 20.4 Å². The van der Waals surface area contributed by atoms with Crippen LogP contribution in [0.15, 0.2) is 12.7 Å². The van der Waals surface area contributed by atoms with Crippen molar-refractivity contribution in [1.82, 2.24) is 15.5 Å². The van der Waals surface area contributed by atoms with Crippen molar-refractivity contribution >= 4 is 35.8 Å². The number of unbranched alkanes of at least 4 members (excludes halogenated alkanes) is 2. The van der Waals surface area contributed by atoms with Crippen LogP contribution >= 0.6 is 0 Å². The van der Waals surface area contributed by atoms with Crippen molar-refractivity contribution in [3.63, 3.8) is 0 Å². The number of carbonyl (C=O) groups is 6. The van der Waals surface area contributed by atoms with Crippen molar-refractivity contribution in [1.29, 1.82) is 21.0 Å². The van der Waals surface area contributed by atoms with E-state index in [2.05, 4.69) is 29.4 Å². The molecule has 14 atom stereocenters. The van der Waals surface area contributed by atoms with Crippen molar-refractivity contribution in [2.45, 2.75) is 245 Å². The predicted molar refractivity (Wildman–Crippen MR) is 344 cm³/mol. The second kappa shape index (κ2) is 59.6. The third-order valence-electron chi connectivity index (χ3n) is 18.7. The van der Waals surface area contributed by atoms with Gasteiger partial charge in [-0.3, -0.25) is 33.7 Å². The van der Waals surface area contributed by atoms with Crippen LogP contribution < -0.4 is 102 Å². The van der Waals surface area contributed by atoms with Crippen molar-refractivity contribution in [3.8, 4) is 24.3 Å². The molecule has 0 aromatic rings. The maximum Gasteiger partial charge on any atom is 0.304 e. The van der Waals surface area contributed by atoms with Gasteiger partial charge < -0.3 is 194 Å². The number of nitrogens with one attached hydrogen (secondary N) is 2. The second-order valence-electron chi connectivity index (χ2n) is 25.4. The summed E-state index contributed by atoms with van der Waals surface area (Å²) in [5.74, 6) is -10.6. The fraction of sp³-hybridized carbons (Fsp3) is 0.810. The van der Waals surface area contributed by atoms with Crippen LogP contribution in [0.4, 0.5) is 0 Å². The Morgan fingerprint density at radius 2 is 0.709 bits per heavy atom. The van der Waals surface area contributed by atoms with E-state index in [9.17, 15) is 90.0 Å². The molecule has 4 fully saturated rings. The van der Waals surface area contributed by atoms with Crippen LogP contribution in [0, 0.1) is 92.7 Å². The van der Waals surface area contributed by atoms with Crippen molar-refractivity contribution in [3.05, 3.63) is 12.7 Å². The summed E-state index contributed by atoms with van der Waals surface area (Å²) in [4.78, 5) is 66.5. The van der Waals surface area contributed by atoms with E-state index in [1.165, 1.54) is 6.08 Å². The van der Waals surface area contributed by atoms with Crippen LogP contribution in [0.1, 0.15) is 137 Å². The lowest BCUT2D eigenvalue weighted by Gasteiger charge is -2.52. The maximum atomic E-state index is 11.0. The SMILES string of the molecule is C=CC#N.CC(CCC(=O)O)C1C(O)C(C(C)CCC(=O)O)C(O)C(N(C)CCC(=O)O)C1O.N#CCCCC1C(O)C(CCCC#N)C(O)C(NCCC#N)C1O.NC1C(O)C(N)C(O)C(N)C1O.O=C(O)CCCC1C(O)C(CCCC(=O)O)C(O)C(NCCC(=O)O)C1O.[2HH].[Cl-].[Cl-].[Cl-].[Cl-].[Cl-].[Cl-]. The summed E-state index contributed by atoms with van der Waals surface area (Å²) >= 11 is 0.